The van der Waals surface area contributed by atoms with E-state index in [0.717, 1.165) is 24.2 Å². The summed E-state index contributed by atoms with van der Waals surface area (Å²) in [4.78, 5) is 38.6. The van der Waals surface area contributed by atoms with E-state index in [1.54, 1.807) is 11.0 Å². The monoisotopic (exact) mass is 372 g/mol. The molecule has 0 spiro atoms. The number of aliphatic carboxylic acids is 1. The van der Waals surface area contributed by atoms with Crippen molar-refractivity contribution in [3.63, 3.8) is 0 Å². The molecule has 0 unspecified atom stereocenters. The molecule has 3 rings (SSSR count). The first kappa shape index (κ1) is 19.1. The quantitative estimate of drug-likeness (QED) is 0.771. The van der Waals surface area contributed by atoms with Crippen LogP contribution in [0.3, 0.4) is 0 Å². The summed E-state index contributed by atoms with van der Waals surface area (Å²) >= 11 is 0. The van der Waals surface area contributed by atoms with Gasteiger partial charge in [0.15, 0.2) is 0 Å². The molecule has 7 nitrogen and oxygen atoms in total. The van der Waals surface area contributed by atoms with Crippen molar-refractivity contribution < 1.29 is 24.2 Å². The van der Waals surface area contributed by atoms with E-state index in [-0.39, 0.29) is 24.4 Å². The van der Waals surface area contributed by atoms with Crippen molar-refractivity contribution in [2.24, 2.45) is 0 Å². The van der Waals surface area contributed by atoms with Crippen LogP contribution in [0.4, 0.5) is 5.69 Å². The van der Waals surface area contributed by atoms with Gasteiger partial charge in [-0.25, -0.2) is 0 Å². The first-order valence-corrected chi connectivity index (χ1v) is 9.23. The van der Waals surface area contributed by atoms with E-state index >= 15 is 0 Å². The Balaban J connectivity index is 1.66. The highest BCUT2D eigenvalue weighted by molar-refractivity contribution is 5.96. The molecular formula is C20H24N2O5. The summed E-state index contributed by atoms with van der Waals surface area (Å²) in [5.41, 5.74) is 1.68. The number of amides is 2. The number of rotatable bonds is 6. The van der Waals surface area contributed by atoms with Crippen molar-refractivity contribution in [3.8, 4) is 0 Å². The molecule has 27 heavy (non-hydrogen) atoms. The maximum absolute atomic E-state index is 12.6. The fourth-order valence-electron chi connectivity index (χ4n) is 3.48. The number of ether oxygens (including phenoxy) is 1. The van der Waals surface area contributed by atoms with Gasteiger partial charge in [-0.2, -0.15) is 0 Å². The Morgan fingerprint density at radius 3 is 2.52 bits per heavy atom. The molecule has 2 amide bonds. The zero-order valence-electron chi connectivity index (χ0n) is 15.2. The maximum Gasteiger partial charge on any atom is 0.323 e. The molecule has 2 heterocycles. The molecule has 2 saturated heterocycles. The third kappa shape index (κ3) is 4.95. The minimum absolute atomic E-state index is 0.115. The van der Waals surface area contributed by atoms with Gasteiger partial charge < -0.3 is 19.6 Å². The van der Waals surface area contributed by atoms with Crippen molar-refractivity contribution in [1.82, 2.24) is 4.90 Å². The Kier molecular flexibility index (Phi) is 6.24. The lowest BCUT2D eigenvalue weighted by atomic mass is 10.1. The average Bonchev–Trinajstić information content (AvgIpc) is 3.11. The van der Waals surface area contributed by atoms with Crippen LogP contribution < -0.4 is 4.90 Å². The fourth-order valence-corrected chi connectivity index (χ4v) is 3.48. The van der Waals surface area contributed by atoms with Gasteiger partial charge in [-0.05, 0) is 43.0 Å². The van der Waals surface area contributed by atoms with Crippen molar-refractivity contribution in [1.29, 1.82) is 0 Å². The van der Waals surface area contributed by atoms with E-state index in [9.17, 15) is 14.4 Å². The molecule has 1 aromatic carbocycles. The summed E-state index contributed by atoms with van der Waals surface area (Å²) in [5, 5.41) is 9.12. The van der Waals surface area contributed by atoms with Gasteiger partial charge >= 0.3 is 5.97 Å². The number of carbonyl (C=O) groups excluding carboxylic acids is 2. The smallest absolute Gasteiger partial charge is 0.323 e. The van der Waals surface area contributed by atoms with Crippen molar-refractivity contribution in [2.75, 3.05) is 31.2 Å². The summed E-state index contributed by atoms with van der Waals surface area (Å²) in [7, 11) is 0. The summed E-state index contributed by atoms with van der Waals surface area (Å²) in [6.07, 6.45) is 5.83. The fraction of sp³-hybridized carbons (Fsp3) is 0.450. The molecule has 0 aromatic heterocycles. The van der Waals surface area contributed by atoms with Crippen LogP contribution >= 0.6 is 0 Å². The lowest BCUT2D eigenvalue weighted by Gasteiger charge is -2.32. The Labute approximate surface area is 158 Å². The number of hydrogen-bond acceptors (Lipinski definition) is 4. The van der Waals surface area contributed by atoms with Crippen LogP contribution in [0.5, 0.6) is 0 Å². The minimum Gasteiger partial charge on any atom is -0.480 e. The Bertz CT molecular complexity index is 722. The van der Waals surface area contributed by atoms with Crippen LogP contribution in [0.25, 0.3) is 6.08 Å². The average molecular weight is 372 g/mol. The first-order valence-electron chi connectivity index (χ1n) is 9.23. The van der Waals surface area contributed by atoms with E-state index in [1.807, 2.05) is 24.3 Å². The highest BCUT2D eigenvalue weighted by Crippen LogP contribution is 2.22. The number of benzene rings is 1. The van der Waals surface area contributed by atoms with Gasteiger partial charge in [-0.3, -0.25) is 14.4 Å². The molecule has 144 valence electrons. The molecule has 0 bridgehead atoms. The SMILES string of the molecule is O=C(O)CN(C(=O)/C=C/c1ccc(N2CCCC2=O)cc1)C1CCOCC1. The van der Waals surface area contributed by atoms with E-state index < -0.39 is 5.97 Å². The molecule has 0 atom stereocenters. The van der Waals surface area contributed by atoms with Crippen LogP contribution in [0, 0.1) is 0 Å². The Hall–Kier alpha value is -2.67. The number of carboxylic acid groups (broad SMARTS) is 1. The zero-order valence-corrected chi connectivity index (χ0v) is 15.2. The number of nitrogens with zero attached hydrogens (tertiary/aromatic N) is 2. The van der Waals surface area contributed by atoms with Gasteiger partial charge in [0.25, 0.3) is 0 Å². The normalized spacial score (nSPS) is 18.2. The van der Waals surface area contributed by atoms with Crippen molar-refractivity contribution in [3.05, 3.63) is 35.9 Å². The Morgan fingerprint density at radius 1 is 1.22 bits per heavy atom. The van der Waals surface area contributed by atoms with Gasteiger partial charge in [0, 0.05) is 44.0 Å². The van der Waals surface area contributed by atoms with E-state index in [1.165, 1.54) is 11.0 Å². The number of hydrogen-bond donors (Lipinski definition) is 1. The topological polar surface area (TPSA) is 87.2 Å². The lowest BCUT2D eigenvalue weighted by molar-refractivity contribution is -0.145. The molecule has 1 aromatic rings. The molecule has 2 fully saturated rings. The second-order valence-electron chi connectivity index (χ2n) is 6.78. The largest absolute Gasteiger partial charge is 0.480 e. The molecule has 1 N–H and O–H groups in total. The van der Waals surface area contributed by atoms with E-state index in [4.69, 9.17) is 9.84 Å². The second kappa shape index (κ2) is 8.81. The Morgan fingerprint density at radius 2 is 1.93 bits per heavy atom. The maximum atomic E-state index is 12.6. The standard InChI is InChI=1S/C20H24N2O5/c23-18-2-1-11-21(18)16-6-3-15(4-7-16)5-8-19(24)22(14-20(25)26)17-9-12-27-13-10-17/h3-8,17H,1-2,9-14H2,(H,25,26)/b8-5+. The van der Waals surface area contributed by atoms with Crippen molar-refractivity contribution in [2.45, 2.75) is 31.7 Å². The summed E-state index contributed by atoms with van der Waals surface area (Å²) in [5.74, 6) is -1.21. The molecular weight excluding hydrogens is 348 g/mol. The first-order chi connectivity index (χ1) is 13.0. The lowest BCUT2D eigenvalue weighted by Crippen LogP contribution is -2.45. The molecule has 0 radical (unpaired) electrons. The predicted octanol–water partition coefficient (Wildman–Crippen LogP) is 1.92. The summed E-state index contributed by atoms with van der Waals surface area (Å²) in [6.45, 7) is 1.49. The van der Waals surface area contributed by atoms with Crippen LogP contribution in [0.15, 0.2) is 30.3 Å². The van der Waals surface area contributed by atoms with E-state index in [2.05, 4.69) is 0 Å². The summed E-state index contributed by atoms with van der Waals surface area (Å²) < 4.78 is 5.29. The predicted molar refractivity (Wildman–Crippen MR) is 100 cm³/mol. The van der Waals surface area contributed by atoms with Gasteiger partial charge in [0.05, 0.1) is 0 Å². The van der Waals surface area contributed by atoms with Gasteiger partial charge in [0.2, 0.25) is 11.8 Å². The molecule has 0 saturated carbocycles. The highest BCUT2D eigenvalue weighted by atomic mass is 16.5. The van der Waals surface area contributed by atoms with Gasteiger partial charge in [0.1, 0.15) is 6.54 Å². The number of carbonyl (C=O) groups is 3. The van der Waals surface area contributed by atoms with Crippen molar-refractivity contribution >= 4 is 29.5 Å². The van der Waals surface area contributed by atoms with Gasteiger partial charge in [-0.15, -0.1) is 0 Å². The third-order valence-corrected chi connectivity index (χ3v) is 4.92. The van der Waals surface area contributed by atoms with Crippen LogP contribution in [0.1, 0.15) is 31.2 Å². The van der Waals surface area contributed by atoms with Crippen LogP contribution in [-0.4, -0.2) is 60.1 Å². The minimum atomic E-state index is -1.03. The number of carboxylic acids is 1. The zero-order chi connectivity index (χ0) is 19.2. The van der Waals surface area contributed by atoms with Gasteiger partial charge in [-0.1, -0.05) is 12.1 Å². The molecule has 7 heteroatoms. The number of anilines is 1. The highest BCUT2D eigenvalue weighted by Gasteiger charge is 2.26. The van der Waals surface area contributed by atoms with Crippen LogP contribution in [0.2, 0.25) is 0 Å². The molecule has 0 aliphatic carbocycles. The van der Waals surface area contributed by atoms with E-state index in [0.29, 0.717) is 32.5 Å². The third-order valence-electron chi connectivity index (χ3n) is 4.92. The summed E-state index contributed by atoms with van der Waals surface area (Å²) in [6, 6.07) is 7.30. The van der Waals surface area contributed by atoms with Crippen LogP contribution in [-0.2, 0) is 19.1 Å². The molecule has 2 aliphatic rings. The molecule has 2 aliphatic heterocycles. The second-order valence-corrected chi connectivity index (χ2v) is 6.78.